The minimum Gasteiger partial charge on any atom is -0.481 e. The Morgan fingerprint density at radius 1 is 1.20 bits per heavy atom. The molecule has 0 aromatic heterocycles. The van der Waals surface area contributed by atoms with Gasteiger partial charge in [0.15, 0.2) is 0 Å². The van der Waals surface area contributed by atoms with E-state index in [4.69, 9.17) is 9.84 Å². The maximum Gasteiger partial charge on any atom is 0.317 e. The molecule has 20 heavy (non-hydrogen) atoms. The second-order valence-electron chi connectivity index (χ2n) is 6.19. The SMILES string of the molecule is O=C(O)CC1CCN(C(=O)NC2CC3CCC2O3)CC1. The summed E-state index contributed by atoms with van der Waals surface area (Å²) in [5.41, 5.74) is 0. The van der Waals surface area contributed by atoms with Gasteiger partial charge >= 0.3 is 12.0 Å². The fourth-order valence-electron chi connectivity index (χ4n) is 3.63. The van der Waals surface area contributed by atoms with E-state index in [1.807, 2.05) is 4.90 Å². The van der Waals surface area contributed by atoms with Crippen molar-refractivity contribution in [3.63, 3.8) is 0 Å². The third kappa shape index (κ3) is 2.90. The molecule has 3 aliphatic rings. The van der Waals surface area contributed by atoms with Gasteiger partial charge in [0.2, 0.25) is 0 Å². The van der Waals surface area contributed by atoms with Gasteiger partial charge in [0.25, 0.3) is 0 Å². The number of likely N-dealkylation sites (tertiary alicyclic amines) is 1. The molecule has 0 aromatic rings. The lowest BCUT2D eigenvalue weighted by molar-refractivity contribution is -0.138. The van der Waals surface area contributed by atoms with Crippen molar-refractivity contribution in [3.8, 4) is 0 Å². The van der Waals surface area contributed by atoms with Gasteiger partial charge in [-0.3, -0.25) is 4.79 Å². The number of carbonyl (C=O) groups is 2. The molecule has 3 heterocycles. The zero-order valence-electron chi connectivity index (χ0n) is 11.6. The van der Waals surface area contributed by atoms with Crippen LogP contribution in [0.25, 0.3) is 0 Å². The number of fused-ring (bicyclic) bond motifs is 2. The highest BCUT2D eigenvalue weighted by atomic mass is 16.5. The van der Waals surface area contributed by atoms with Crippen LogP contribution in [0.4, 0.5) is 4.79 Å². The first kappa shape index (κ1) is 13.7. The highest BCUT2D eigenvalue weighted by molar-refractivity contribution is 5.75. The van der Waals surface area contributed by atoms with Crippen LogP contribution in [-0.2, 0) is 9.53 Å². The van der Waals surface area contributed by atoms with Crippen LogP contribution in [-0.4, -0.2) is 53.3 Å². The first-order valence-corrected chi connectivity index (χ1v) is 7.54. The van der Waals surface area contributed by atoms with Gasteiger partial charge in [-0.2, -0.15) is 0 Å². The Morgan fingerprint density at radius 3 is 2.50 bits per heavy atom. The third-order valence-corrected chi connectivity index (χ3v) is 4.78. The van der Waals surface area contributed by atoms with Crippen molar-refractivity contribution in [2.24, 2.45) is 5.92 Å². The molecule has 0 aromatic carbocycles. The number of amides is 2. The number of nitrogens with one attached hydrogen (secondary N) is 1. The van der Waals surface area contributed by atoms with Gasteiger partial charge in [-0.15, -0.1) is 0 Å². The van der Waals surface area contributed by atoms with Crippen LogP contribution in [0.3, 0.4) is 0 Å². The average Bonchev–Trinajstić information content (AvgIpc) is 3.01. The van der Waals surface area contributed by atoms with Crippen molar-refractivity contribution in [2.45, 2.75) is 56.8 Å². The molecule has 3 saturated heterocycles. The van der Waals surface area contributed by atoms with E-state index < -0.39 is 5.97 Å². The van der Waals surface area contributed by atoms with E-state index in [1.54, 1.807) is 0 Å². The lowest BCUT2D eigenvalue weighted by atomic mass is 9.93. The lowest BCUT2D eigenvalue weighted by Gasteiger charge is -2.33. The van der Waals surface area contributed by atoms with Crippen molar-refractivity contribution in [2.75, 3.05) is 13.1 Å². The van der Waals surface area contributed by atoms with Crippen LogP contribution in [0.5, 0.6) is 0 Å². The maximum absolute atomic E-state index is 12.2. The summed E-state index contributed by atoms with van der Waals surface area (Å²) in [4.78, 5) is 24.7. The molecule has 2 bridgehead atoms. The van der Waals surface area contributed by atoms with Gasteiger partial charge in [0.1, 0.15) is 0 Å². The largest absolute Gasteiger partial charge is 0.481 e. The molecule has 6 nitrogen and oxygen atoms in total. The summed E-state index contributed by atoms with van der Waals surface area (Å²) in [7, 11) is 0. The summed E-state index contributed by atoms with van der Waals surface area (Å²) in [5, 5.41) is 11.9. The zero-order valence-corrected chi connectivity index (χ0v) is 11.6. The number of carbonyl (C=O) groups excluding carboxylic acids is 1. The molecular formula is C14H22N2O4. The van der Waals surface area contributed by atoms with E-state index >= 15 is 0 Å². The number of ether oxygens (including phenoxy) is 1. The molecule has 0 saturated carbocycles. The topological polar surface area (TPSA) is 78.9 Å². The standard InChI is InChI=1S/C14H22N2O4/c17-13(18)7-9-3-5-16(6-4-9)14(19)15-11-8-10-1-2-12(11)20-10/h9-12H,1-8H2,(H,15,19)(H,17,18). The molecule has 0 aliphatic carbocycles. The minimum absolute atomic E-state index is 0.0140. The van der Waals surface area contributed by atoms with Gasteiger partial charge in [-0.05, 0) is 38.0 Å². The molecule has 3 aliphatic heterocycles. The number of aliphatic carboxylic acids is 1. The van der Waals surface area contributed by atoms with E-state index in [0.29, 0.717) is 19.2 Å². The van der Waals surface area contributed by atoms with Crippen LogP contribution in [0.2, 0.25) is 0 Å². The summed E-state index contributed by atoms with van der Waals surface area (Å²) < 4.78 is 5.74. The van der Waals surface area contributed by atoms with Gasteiger partial charge in [-0.1, -0.05) is 0 Å². The molecule has 3 unspecified atom stereocenters. The van der Waals surface area contributed by atoms with Crippen molar-refractivity contribution < 1.29 is 19.4 Å². The second kappa shape index (κ2) is 5.60. The lowest BCUT2D eigenvalue weighted by Crippen LogP contribution is -2.50. The molecule has 3 atom stereocenters. The van der Waals surface area contributed by atoms with Crippen LogP contribution in [0.15, 0.2) is 0 Å². The smallest absolute Gasteiger partial charge is 0.317 e. The summed E-state index contributed by atoms with van der Waals surface area (Å²) in [5.74, 6) is -0.533. The Morgan fingerprint density at radius 2 is 1.95 bits per heavy atom. The van der Waals surface area contributed by atoms with E-state index in [2.05, 4.69) is 5.32 Å². The van der Waals surface area contributed by atoms with Crippen LogP contribution >= 0.6 is 0 Å². The normalized spacial score (nSPS) is 33.4. The number of carboxylic acids is 1. The number of carboxylic acid groups (broad SMARTS) is 1. The fraction of sp³-hybridized carbons (Fsp3) is 0.857. The fourth-order valence-corrected chi connectivity index (χ4v) is 3.63. The number of piperidine rings is 1. The summed E-state index contributed by atoms with van der Waals surface area (Å²) in [6, 6.07) is 0.151. The maximum atomic E-state index is 12.2. The van der Waals surface area contributed by atoms with E-state index in [-0.39, 0.29) is 30.5 Å². The molecule has 2 amide bonds. The van der Waals surface area contributed by atoms with Crippen LogP contribution in [0.1, 0.15) is 38.5 Å². The molecule has 2 N–H and O–H groups in total. The molecule has 3 rings (SSSR count). The Bertz CT molecular complexity index is 393. The molecule has 0 spiro atoms. The second-order valence-corrected chi connectivity index (χ2v) is 6.19. The van der Waals surface area contributed by atoms with Crippen LogP contribution in [0, 0.1) is 5.92 Å². The number of rotatable bonds is 3. The predicted octanol–water partition coefficient (Wildman–Crippen LogP) is 1.20. The summed E-state index contributed by atoms with van der Waals surface area (Å²) in [6.45, 7) is 1.32. The van der Waals surface area contributed by atoms with E-state index in [0.717, 1.165) is 32.1 Å². The monoisotopic (exact) mass is 282 g/mol. The van der Waals surface area contributed by atoms with Gasteiger partial charge < -0.3 is 20.1 Å². The molecule has 0 radical (unpaired) electrons. The molecule has 6 heteroatoms. The zero-order chi connectivity index (χ0) is 14.1. The molecule has 3 fully saturated rings. The number of urea groups is 1. The van der Waals surface area contributed by atoms with Crippen molar-refractivity contribution >= 4 is 12.0 Å². The Hall–Kier alpha value is -1.30. The van der Waals surface area contributed by atoms with E-state index in [9.17, 15) is 9.59 Å². The Labute approximate surface area is 118 Å². The summed E-state index contributed by atoms with van der Waals surface area (Å²) in [6.07, 6.45) is 5.44. The van der Waals surface area contributed by atoms with E-state index in [1.165, 1.54) is 0 Å². The Kier molecular flexibility index (Phi) is 3.83. The number of nitrogens with zero attached hydrogens (tertiary/aromatic N) is 1. The average molecular weight is 282 g/mol. The first-order valence-electron chi connectivity index (χ1n) is 7.54. The highest BCUT2D eigenvalue weighted by Crippen LogP contribution is 2.34. The highest BCUT2D eigenvalue weighted by Gasteiger charge is 2.42. The summed E-state index contributed by atoms with van der Waals surface area (Å²) >= 11 is 0. The number of hydrogen-bond donors (Lipinski definition) is 2. The Balaban J connectivity index is 1.44. The van der Waals surface area contributed by atoms with Gasteiger partial charge in [-0.25, -0.2) is 4.79 Å². The quantitative estimate of drug-likeness (QED) is 0.815. The minimum atomic E-state index is -0.743. The van der Waals surface area contributed by atoms with Crippen molar-refractivity contribution in [1.29, 1.82) is 0 Å². The predicted molar refractivity (Wildman–Crippen MR) is 71.4 cm³/mol. The van der Waals surface area contributed by atoms with Gasteiger partial charge in [0.05, 0.1) is 18.2 Å². The molecule has 112 valence electrons. The van der Waals surface area contributed by atoms with Crippen molar-refractivity contribution in [1.82, 2.24) is 10.2 Å². The van der Waals surface area contributed by atoms with Crippen molar-refractivity contribution in [3.05, 3.63) is 0 Å². The first-order chi connectivity index (χ1) is 9.61. The van der Waals surface area contributed by atoms with Gasteiger partial charge in [0, 0.05) is 19.5 Å². The third-order valence-electron chi connectivity index (χ3n) is 4.78. The number of hydrogen-bond acceptors (Lipinski definition) is 3. The molecular weight excluding hydrogens is 260 g/mol. The van der Waals surface area contributed by atoms with Crippen LogP contribution < -0.4 is 5.32 Å².